The number of alkyl halides is 3. The van der Waals surface area contributed by atoms with Crippen LogP contribution in [-0.2, 0) is 32.7 Å². The number of aryl methyl sites for hydroxylation is 1. The molecule has 4 aliphatic carbocycles. The largest absolute Gasteiger partial charge is 0.490 e. The summed E-state index contributed by atoms with van der Waals surface area (Å²) in [5.74, 6) is 2.14. The normalized spacial score (nSPS) is 33.3. The minimum absolute atomic E-state index is 0.0267. The van der Waals surface area contributed by atoms with Crippen LogP contribution in [-0.4, -0.2) is 44.6 Å². The van der Waals surface area contributed by atoms with Crippen LogP contribution >= 0.6 is 0 Å². The van der Waals surface area contributed by atoms with E-state index in [0.717, 1.165) is 43.0 Å². The first-order valence-electron chi connectivity index (χ1n) is 11.0. The van der Waals surface area contributed by atoms with Gasteiger partial charge in [-0.3, -0.25) is 4.79 Å². The summed E-state index contributed by atoms with van der Waals surface area (Å²) >= 11 is 0. The maximum Gasteiger partial charge on any atom is 0.490 e. The van der Waals surface area contributed by atoms with Crippen molar-refractivity contribution in [3.05, 3.63) is 11.6 Å². The van der Waals surface area contributed by atoms with Crippen LogP contribution < -0.4 is 0 Å². The van der Waals surface area contributed by atoms with Gasteiger partial charge in [-0.1, -0.05) is 0 Å². The molecule has 6 rings (SSSR count). The Balaban J connectivity index is 0.000000289. The van der Waals surface area contributed by atoms with E-state index in [0.29, 0.717) is 6.61 Å². The van der Waals surface area contributed by atoms with Crippen molar-refractivity contribution in [3.63, 3.8) is 0 Å². The van der Waals surface area contributed by atoms with Crippen LogP contribution in [0.4, 0.5) is 13.2 Å². The number of ether oxygens (including phenoxy) is 1. The highest BCUT2D eigenvalue weighted by molar-refractivity contribution is 5.73. The molecule has 4 fully saturated rings. The standard InChI is InChI=1S/C19H27N3O2.C2HF3O2/c1-2-24-17(23)15-3-4-16-20-21-18(22(16)11-15)19-8-12-5-13(9-19)7-14(6-12)10-19;3-2(4,5)1(6)7/h12-15H,2-11H2,1H3;(H,6,7). The Kier molecular flexibility index (Phi) is 5.76. The van der Waals surface area contributed by atoms with Gasteiger partial charge in [0.25, 0.3) is 0 Å². The second-order valence-corrected chi connectivity index (χ2v) is 9.54. The van der Waals surface area contributed by atoms with Gasteiger partial charge < -0.3 is 14.4 Å². The van der Waals surface area contributed by atoms with Gasteiger partial charge in [-0.2, -0.15) is 13.2 Å². The van der Waals surface area contributed by atoms with Crippen molar-refractivity contribution in [3.8, 4) is 0 Å². The lowest BCUT2D eigenvalue weighted by molar-refractivity contribution is -0.192. The number of rotatable bonds is 3. The predicted molar refractivity (Wildman–Crippen MR) is 102 cm³/mol. The molecule has 0 spiro atoms. The summed E-state index contributed by atoms with van der Waals surface area (Å²) in [6, 6.07) is 0. The number of fused-ring (bicyclic) bond motifs is 1. The molecule has 2 heterocycles. The number of carbonyl (C=O) groups excluding carboxylic acids is 1. The van der Waals surface area contributed by atoms with Gasteiger partial charge in [0.05, 0.1) is 12.5 Å². The third-order valence-corrected chi connectivity index (χ3v) is 7.32. The minimum atomic E-state index is -5.08. The van der Waals surface area contributed by atoms with E-state index < -0.39 is 12.1 Å². The van der Waals surface area contributed by atoms with Gasteiger partial charge in [-0.25, -0.2) is 4.79 Å². The molecule has 0 radical (unpaired) electrons. The number of hydrogen-bond acceptors (Lipinski definition) is 5. The van der Waals surface area contributed by atoms with Gasteiger partial charge in [0.15, 0.2) is 0 Å². The zero-order valence-electron chi connectivity index (χ0n) is 17.5. The maximum atomic E-state index is 12.2. The molecule has 31 heavy (non-hydrogen) atoms. The van der Waals surface area contributed by atoms with Gasteiger partial charge in [0, 0.05) is 18.4 Å². The highest BCUT2D eigenvalue weighted by Gasteiger charge is 2.54. The molecule has 1 unspecified atom stereocenters. The van der Waals surface area contributed by atoms with E-state index in [-0.39, 0.29) is 17.3 Å². The van der Waals surface area contributed by atoms with E-state index in [4.69, 9.17) is 14.6 Å². The first-order chi connectivity index (χ1) is 14.6. The number of aromatic nitrogens is 3. The van der Waals surface area contributed by atoms with E-state index in [2.05, 4.69) is 14.8 Å². The van der Waals surface area contributed by atoms with Gasteiger partial charge in [-0.05, 0) is 69.6 Å². The molecule has 1 atom stereocenters. The van der Waals surface area contributed by atoms with Crippen molar-refractivity contribution in [1.29, 1.82) is 0 Å². The molecule has 0 amide bonds. The lowest BCUT2D eigenvalue weighted by atomic mass is 9.49. The zero-order valence-corrected chi connectivity index (χ0v) is 17.5. The summed E-state index contributed by atoms with van der Waals surface area (Å²) in [4.78, 5) is 21.1. The summed E-state index contributed by atoms with van der Waals surface area (Å²) in [6.45, 7) is 3.07. The fraction of sp³-hybridized carbons (Fsp3) is 0.810. The van der Waals surface area contributed by atoms with Crippen LogP contribution in [0.2, 0.25) is 0 Å². The van der Waals surface area contributed by atoms with Crippen molar-refractivity contribution < 1.29 is 32.6 Å². The molecule has 1 aromatic rings. The van der Waals surface area contributed by atoms with Crippen molar-refractivity contribution in [2.24, 2.45) is 23.7 Å². The van der Waals surface area contributed by atoms with E-state index >= 15 is 0 Å². The van der Waals surface area contributed by atoms with Gasteiger partial charge in [0.2, 0.25) is 0 Å². The van der Waals surface area contributed by atoms with Crippen LogP contribution in [0, 0.1) is 23.7 Å². The first-order valence-corrected chi connectivity index (χ1v) is 11.0. The highest BCUT2D eigenvalue weighted by atomic mass is 19.4. The molecule has 7 nitrogen and oxygen atoms in total. The number of aliphatic carboxylic acids is 1. The van der Waals surface area contributed by atoms with Crippen LogP contribution in [0.1, 0.15) is 63.5 Å². The summed E-state index contributed by atoms with van der Waals surface area (Å²) in [6.07, 6.45) is 4.80. The molecular weight excluding hydrogens is 415 g/mol. The number of halogens is 3. The minimum Gasteiger partial charge on any atom is -0.475 e. The van der Waals surface area contributed by atoms with Crippen molar-refractivity contribution in [2.45, 2.75) is 76.4 Å². The first kappa shape index (κ1) is 22.1. The number of nitrogens with zero attached hydrogens (tertiary/aromatic N) is 3. The summed E-state index contributed by atoms with van der Waals surface area (Å²) in [5.41, 5.74) is 0.247. The average Bonchev–Trinajstić information content (AvgIpc) is 3.11. The molecule has 1 N–H and O–H groups in total. The number of carboxylic acid groups (broad SMARTS) is 1. The predicted octanol–water partition coefficient (Wildman–Crippen LogP) is 3.50. The zero-order chi connectivity index (χ0) is 22.4. The summed E-state index contributed by atoms with van der Waals surface area (Å²) in [7, 11) is 0. The second-order valence-electron chi connectivity index (χ2n) is 9.54. The Labute approximate surface area is 178 Å². The smallest absolute Gasteiger partial charge is 0.475 e. The average molecular weight is 443 g/mol. The molecular formula is C21H28F3N3O4. The summed E-state index contributed by atoms with van der Waals surface area (Å²) in [5, 5.41) is 16.3. The summed E-state index contributed by atoms with van der Waals surface area (Å²) < 4.78 is 39.3. The molecule has 10 heteroatoms. The Hall–Kier alpha value is -2.13. The molecule has 4 bridgehead atoms. The topological polar surface area (TPSA) is 94.3 Å². The van der Waals surface area contributed by atoms with Gasteiger partial charge >= 0.3 is 18.1 Å². The highest BCUT2D eigenvalue weighted by Crippen LogP contribution is 2.60. The van der Waals surface area contributed by atoms with Gasteiger partial charge in [-0.15, -0.1) is 10.2 Å². The Morgan fingerprint density at radius 1 is 1.13 bits per heavy atom. The quantitative estimate of drug-likeness (QED) is 0.719. The Morgan fingerprint density at radius 3 is 2.16 bits per heavy atom. The van der Waals surface area contributed by atoms with E-state index in [1.807, 2.05) is 6.92 Å². The van der Waals surface area contributed by atoms with Crippen LogP contribution in [0.5, 0.6) is 0 Å². The molecule has 0 aromatic carbocycles. The van der Waals surface area contributed by atoms with Gasteiger partial charge in [0.1, 0.15) is 11.6 Å². The van der Waals surface area contributed by atoms with Crippen LogP contribution in [0.15, 0.2) is 0 Å². The number of esters is 1. The van der Waals surface area contributed by atoms with E-state index in [1.54, 1.807) is 0 Å². The molecule has 172 valence electrons. The Bertz CT molecular complexity index is 816. The number of carbonyl (C=O) groups is 2. The fourth-order valence-electron chi connectivity index (χ4n) is 6.56. The van der Waals surface area contributed by atoms with Crippen molar-refractivity contribution in [2.75, 3.05) is 6.61 Å². The van der Waals surface area contributed by atoms with E-state index in [1.165, 1.54) is 44.3 Å². The fourth-order valence-corrected chi connectivity index (χ4v) is 6.56. The second kappa shape index (κ2) is 8.09. The number of hydrogen-bond donors (Lipinski definition) is 1. The molecule has 5 aliphatic rings. The molecule has 1 aliphatic heterocycles. The molecule has 4 saturated carbocycles. The lowest BCUT2D eigenvalue weighted by Crippen LogP contribution is -2.50. The molecule has 0 saturated heterocycles. The maximum absolute atomic E-state index is 12.2. The van der Waals surface area contributed by atoms with Crippen molar-refractivity contribution >= 4 is 11.9 Å². The third-order valence-electron chi connectivity index (χ3n) is 7.32. The third kappa shape index (κ3) is 4.30. The SMILES string of the molecule is CCOC(=O)C1CCc2nnc(C34CC5CC(CC(C5)C3)C4)n2C1.O=C(O)C(F)(F)F. The molecule has 1 aromatic heterocycles. The monoisotopic (exact) mass is 443 g/mol. The van der Waals surface area contributed by atoms with Crippen LogP contribution in [0.3, 0.4) is 0 Å². The van der Waals surface area contributed by atoms with Crippen molar-refractivity contribution in [1.82, 2.24) is 14.8 Å². The van der Waals surface area contributed by atoms with Crippen LogP contribution in [0.25, 0.3) is 0 Å². The number of carboxylic acids is 1. The Morgan fingerprint density at radius 2 is 1.68 bits per heavy atom. The van der Waals surface area contributed by atoms with E-state index in [9.17, 15) is 18.0 Å². The lowest BCUT2D eigenvalue weighted by Gasteiger charge is -2.56.